The number of para-hydroxylation sites is 1. The second-order valence-corrected chi connectivity index (χ2v) is 5.36. The van der Waals surface area contributed by atoms with Gasteiger partial charge in [-0.15, -0.1) is 11.6 Å². The third-order valence-electron chi connectivity index (χ3n) is 3.33. The Morgan fingerprint density at radius 1 is 1.11 bits per heavy atom. The van der Waals surface area contributed by atoms with Crippen molar-refractivity contribution in [2.45, 2.75) is 25.8 Å². The Balaban J connectivity index is 1.97. The molecule has 0 aliphatic heterocycles. The van der Waals surface area contributed by atoms with Crippen molar-refractivity contribution in [3.8, 4) is 0 Å². The zero-order chi connectivity index (χ0) is 13.5. The monoisotopic (exact) mass is 276 g/mol. The van der Waals surface area contributed by atoms with Gasteiger partial charge in [0.25, 0.3) is 0 Å². The molecule has 0 saturated heterocycles. The maximum Gasteiger partial charge on any atom is 0.0746 e. The average Bonchev–Trinajstić information content (AvgIpc) is 2.44. The fourth-order valence-electron chi connectivity index (χ4n) is 2.32. The maximum atomic E-state index is 5.69. The number of benzene rings is 1. The van der Waals surface area contributed by atoms with Gasteiger partial charge in [-0.3, -0.25) is 4.98 Å². The van der Waals surface area contributed by atoms with E-state index in [0.29, 0.717) is 0 Å². The van der Waals surface area contributed by atoms with Crippen LogP contribution in [0.2, 0.25) is 0 Å². The predicted octanol–water partition coefficient (Wildman–Crippen LogP) is 4.08. The van der Waals surface area contributed by atoms with Gasteiger partial charge in [0.1, 0.15) is 0 Å². The number of hydrogen-bond donors (Lipinski definition) is 0. The number of unbranched alkanes of at least 4 members (excludes halogenated alkanes) is 2. The summed E-state index contributed by atoms with van der Waals surface area (Å²) in [6.45, 7) is 2.06. The largest absolute Gasteiger partial charge is 0.302 e. The summed E-state index contributed by atoms with van der Waals surface area (Å²) in [5.74, 6) is 0.775. The average molecular weight is 277 g/mol. The molecule has 0 saturated carbocycles. The summed E-state index contributed by atoms with van der Waals surface area (Å²) in [6, 6.07) is 10.5. The molecule has 2 rings (SSSR count). The van der Waals surface area contributed by atoms with Crippen LogP contribution in [0.25, 0.3) is 10.9 Å². The molecular weight excluding hydrogens is 256 g/mol. The van der Waals surface area contributed by atoms with Gasteiger partial charge < -0.3 is 4.90 Å². The first-order valence-corrected chi connectivity index (χ1v) is 7.42. The highest BCUT2D eigenvalue weighted by Gasteiger charge is 2.05. The lowest BCUT2D eigenvalue weighted by atomic mass is 10.1. The first-order chi connectivity index (χ1) is 9.31. The lowest BCUT2D eigenvalue weighted by molar-refractivity contribution is 0.319. The molecule has 2 aromatic rings. The van der Waals surface area contributed by atoms with Crippen molar-refractivity contribution in [2.75, 3.05) is 19.5 Å². The van der Waals surface area contributed by atoms with Gasteiger partial charge in [0.15, 0.2) is 0 Å². The van der Waals surface area contributed by atoms with Crippen molar-refractivity contribution in [1.82, 2.24) is 9.88 Å². The molecule has 0 aliphatic carbocycles. The molecule has 19 heavy (non-hydrogen) atoms. The fraction of sp³-hybridized carbons (Fsp3) is 0.438. The van der Waals surface area contributed by atoms with Crippen molar-refractivity contribution in [3.63, 3.8) is 0 Å². The topological polar surface area (TPSA) is 16.1 Å². The highest BCUT2D eigenvalue weighted by atomic mass is 35.5. The first kappa shape index (κ1) is 14.3. The quantitative estimate of drug-likeness (QED) is 0.560. The van der Waals surface area contributed by atoms with E-state index >= 15 is 0 Å². The van der Waals surface area contributed by atoms with Gasteiger partial charge in [0, 0.05) is 24.0 Å². The van der Waals surface area contributed by atoms with Gasteiger partial charge in [0.2, 0.25) is 0 Å². The Morgan fingerprint density at radius 2 is 1.95 bits per heavy atom. The highest BCUT2D eigenvalue weighted by molar-refractivity contribution is 6.17. The Hall–Kier alpha value is -1.12. The molecule has 1 heterocycles. The smallest absolute Gasteiger partial charge is 0.0746 e. The van der Waals surface area contributed by atoms with Crippen LogP contribution in [0.1, 0.15) is 24.8 Å². The molecule has 2 nitrogen and oxygen atoms in total. The van der Waals surface area contributed by atoms with E-state index in [1.807, 2.05) is 12.3 Å². The number of alkyl halides is 1. The van der Waals surface area contributed by atoms with Crippen LogP contribution in [0.15, 0.2) is 36.5 Å². The molecule has 3 heteroatoms. The van der Waals surface area contributed by atoms with Crippen LogP contribution in [0.3, 0.4) is 0 Å². The normalized spacial score (nSPS) is 11.3. The number of aromatic nitrogens is 1. The Bertz CT molecular complexity index is 508. The van der Waals surface area contributed by atoms with Crippen LogP contribution in [0.5, 0.6) is 0 Å². The standard InChI is InChI=1S/C16H21ClN2/c1-19(12-4-2-3-10-17)13-15-8-5-7-14-9-6-11-18-16(14)15/h5-9,11H,2-4,10,12-13H2,1H3. The minimum atomic E-state index is 0.775. The molecule has 0 fully saturated rings. The van der Waals surface area contributed by atoms with E-state index in [4.69, 9.17) is 11.6 Å². The van der Waals surface area contributed by atoms with E-state index in [1.165, 1.54) is 23.8 Å². The summed E-state index contributed by atoms with van der Waals surface area (Å²) < 4.78 is 0. The lowest BCUT2D eigenvalue weighted by Gasteiger charge is -2.17. The van der Waals surface area contributed by atoms with Crippen LogP contribution >= 0.6 is 11.6 Å². The van der Waals surface area contributed by atoms with E-state index < -0.39 is 0 Å². The van der Waals surface area contributed by atoms with Crippen molar-refractivity contribution < 1.29 is 0 Å². The van der Waals surface area contributed by atoms with Crippen molar-refractivity contribution >= 4 is 22.5 Å². The molecule has 0 amide bonds. The van der Waals surface area contributed by atoms with Gasteiger partial charge >= 0.3 is 0 Å². The summed E-state index contributed by atoms with van der Waals surface area (Å²) in [6.07, 6.45) is 5.40. The summed E-state index contributed by atoms with van der Waals surface area (Å²) in [5, 5.41) is 1.22. The molecule has 0 spiro atoms. The Kier molecular flexibility index (Phi) is 5.62. The predicted molar refractivity (Wildman–Crippen MR) is 82.6 cm³/mol. The van der Waals surface area contributed by atoms with E-state index in [1.54, 1.807) is 0 Å². The van der Waals surface area contributed by atoms with Gasteiger partial charge in [-0.1, -0.05) is 30.7 Å². The lowest BCUT2D eigenvalue weighted by Crippen LogP contribution is -2.19. The van der Waals surface area contributed by atoms with Crippen molar-refractivity contribution in [2.24, 2.45) is 0 Å². The van der Waals surface area contributed by atoms with Gasteiger partial charge in [0.05, 0.1) is 5.52 Å². The van der Waals surface area contributed by atoms with Gasteiger partial charge in [-0.25, -0.2) is 0 Å². The molecule has 0 aliphatic rings. The molecule has 1 aromatic carbocycles. The summed E-state index contributed by atoms with van der Waals surface area (Å²) >= 11 is 5.69. The third kappa shape index (κ3) is 4.19. The zero-order valence-corrected chi connectivity index (χ0v) is 12.2. The second-order valence-electron chi connectivity index (χ2n) is 4.98. The minimum absolute atomic E-state index is 0.775. The number of fused-ring (bicyclic) bond motifs is 1. The summed E-state index contributed by atoms with van der Waals surface area (Å²) in [7, 11) is 2.17. The van der Waals surface area contributed by atoms with Crippen LogP contribution in [0.4, 0.5) is 0 Å². The summed E-state index contributed by atoms with van der Waals surface area (Å²) in [5.41, 5.74) is 2.43. The SMILES string of the molecule is CN(CCCCCCl)Cc1cccc2cccnc12. The second kappa shape index (κ2) is 7.46. The van der Waals surface area contributed by atoms with Crippen molar-refractivity contribution in [3.05, 3.63) is 42.1 Å². The fourth-order valence-corrected chi connectivity index (χ4v) is 2.51. The number of pyridine rings is 1. The number of hydrogen-bond acceptors (Lipinski definition) is 2. The van der Waals surface area contributed by atoms with Crippen LogP contribution < -0.4 is 0 Å². The van der Waals surface area contributed by atoms with Crippen molar-refractivity contribution in [1.29, 1.82) is 0 Å². The number of nitrogens with zero attached hydrogens (tertiary/aromatic N) is 2. The molecule has 0 bridgehead atoms. The molecule has 102 valence electrons. The summed E-state index contributed by atoms with van der Waals surface area (Å²) in [4.78, 5) is 6.86. The number of rotatable bonds is 7. The molecule has 1 aromatic heterocycles. The maximum absolute atomic E-state index is 5.69. The Morgan fingerprint density at radius 3 is 2.79 bits per heavy atom. The van der Waals surface area contributed by atoms with E-state index in [2.05, 4.69) is 41.2 Å². The van der Waals surface area contributed by atoms with E-state index in [0.717, 1.165) is 30.9 Å². The molecule has 0 radical (unpaired) electrons. The van der Waals surface area contributed by atoms with E-state index in [9.17, 15) is 0 Å². The van der Waals surface area contributed by atoms with Gasteiger partial charge in [-0.05, 0) is 38.1 Å². The zero-order valence-electron chi connectivity index (χ0n) is 11.5. The molecular formula is C16H21ClN2. The number of halogens is 1. The van der Waals surface area contributed by atoms with E-state index in [-0.39, 0.29) is 0 Å². The molecule has 0 unspecified atom stereocenters. The van der Waals surface area contributed by atoms with Crippen LogP contribution in [-0.2, 0) is 6.54 Å². The third-order valence-corrected chi connectivity index (χ3v) is 3.60. The molecule has 0 N–H and O–H groups in total. The molecule has 0 atom stereocenters. The van der Waals surface area contributed by atoms with Gasteiger partial charge in [-0.2, -0.15) is 0 Å². The van der Waals surface area contributed by atoms with Crippen LogP contribution in [-0.4, -0.2) is 29.4 Å². The highest BCUT2D eigenvalue weighted by Crippen LogP contribution is 2.17. The minimum Gasteiger partial charge on any atom is -0.302 e. The Labute approximate surface area is 120 Å². The first-order valence-electron chi connectivity index (χ1n) is 6.88. The van der Waals surface area contributed by atoms with Crippen LogP contribution in [0, 0.1) is 0 Å².